The molecule has 0 heterocycles. The maximum Gasteiger partial charge on any atom is 0.224 e. The average Bonchev–Trinajstić information content (AvgIpc) is 2.64. The second-order valence-corrected chi connectivity index (χ2v) is 6.24. The zero-order valence-electron chi connectivity index (χ0n) is 15.6. The minimum Gasteiger partial charge on any atom is -0.372 e. The summed E-state index contributed by atoms with van der Waals surface area (Å²) in [6.07, 6.45) is 0.726. The highest BCUT2D eigenvalue weighted by atomic mass is 35.5. The van der Waals surface area contributed by atoms with Gasteiger partial charge in [0.1, 0.15) is 5.82 Å². The first-order valence-electron chi connectivity index (χ1n) is 8.54. The molecule has 1 amide bonds. The van der Waals surface area contributed by atoms with Crippen molar-refractivity contribution in [3.05, 3.63) is 66.0 Å². The van der Waals surface area contributed by atoms with Crippen LogP contribution in [0.15, 0.2) is 54.6 Å². The summed E-state index contributed by atoms with van der Waals surface area (Å²) in [6, 6.07) is 15.9. The molecule has 0 radical (unpaired) electrons. The molecule has 2 atom stereocenters. The first-order valence-corrected chi connectivity index (χ1v) is 8.54. The summed E-state index contributed by atoms with van der Waals surface area (Å²) in [5.41, 5.74) is 7.69. The van der Waals surface area contributed by atoms with Crippen LogP contribution in [0.4, 0.5) is 10.1 Å². The summed E-state index contributed by atoms with van der Waals surface area (Å²) < 4.78 is 13.7. The number of amides is 1. The Hall–Kier alpha value is -1.82. The van der Waals surface area contributed by atoms with Crippen molar-refractivity contribution in [2.45, 2.75) is 19.4 Å². The van der Waals surface area contributed by atoms with Crippen LogP contribution in [0, 0.1) is 11.7 Å². The molecule has 0 aliphatic heterocycles. The Morgan fingerprint density at radius 1 is 1.11 bits per heavy atom. The number of para-hydroxylation sites is 1. The first-order chi connectivity index (χ1) is 12.0. The maximum absolute atomic E-state index is 13.7. The average molecular weight is 416 g/mol. The molecular weight excluding hydrogens is 388 g/mol. The van der Waals surface area contributed by atoms with Crippen molar-refractivity contribution >= 4 is 36.4 Å². The van der Waals surface area contributed by atoms with Gasteiger partial charge in [0.15, 0.2) is 0 Å². The van der Waals surface area contributed by atoms with E-state index in [1.165, 1.54) is 6.07 Å². The largest absolute Gasteiger partial charge is 0.372 e. The topological polar surface area (TPSA) is 58.4 Å². The van der Waals surface area contributed by atoms with E-state index in [9.17, 15) is 9.18 Å². The van der Waals surface area contributed by atoms with Gasteiger partial charge in [-0.3, -0.25) is 4.79 Å². The lowest BCUT2D eigenvalue weighted by atomic mass is 9.95. The molecule has 0 fully saturated rings. The number of nitrogens with one attached hydrogen (secondary N) is 1. The third kappa shape index (κ3) is 7.37. The van der Waals surface area contributed by atoms with Gasteiger partial charge in [0.2, 0.25) is 5.91 Å². The quantitative estimate of drug-likeness (QED) is 0.641. The van der Waals surface area contributed by atoms with Gasteiger partial charge in [-0.25, -0.2) is 4.39 Å². The van der Waals surface area contributed by atoms with Gasteiger partial charge in [-0.2, -0.15) is 0 Å². The number of hydrogen-bond acceptors (Lipinski definition) is 3. The fourth-order valence-electron chi connectivity index (χ4n) is 2.70. The standard InChI is InChI=1S/C20H26FN3O.2ClH/c1-15(19(22)16-9-4-3-5-10-16)20(25)23-13-8-14-24(2)18-12-7-6-11-17(18)21;;/h3-7,9-12,15,19H,8,13-14,22H2,1-2H3,(H,23,25);2*1H. The van der Waals surface area contributed by atoms with Crippen molar-refractivity contribution < 1.29 is 9.18 Å². The Morgan fingerprint density at radius 2 is 1.70 bits per heavy atom. The van der Waals surface area contributed by atoms with E-state index in [-0.39, 0.29) is 48.5 Å². The van der Waals surface area contributed by atoms with Crippen LogP contribution in [0.3, 0.4) is 0 Å². The molecule has 0 aromatic heterocycles. The summed E-state index contributed by atoms with van der Waals surface area (Å²) in [5.74, 6) is -0.618. The minimum absolute atomic E-state index is 0. The second kappa shape index (κ2) is 12.5. The SMILES string of the molecule is CC(C(=O)NCCCN(C)c1ccccc1F)C(N)c1ccccc1.Cl.Cl. The first kappa shape index (κ1) is 25.2. The summed E-state index contributed by atoms with van der Waals surface area (Å²) in [4.78, 5) is 14.1. The van der Waals surface area contributed by atoms with Gasteiger partial charge in [-0.05, 0) is 24.1 Å². The third-order valence-electron chi connectivity index (χ3n) is 4.37. The van der Waals surface area contributed by atoms with Crippen molar-refractivity contribution in [2.24, 2.45) is 11.7 Å². The highest BCUT2D eigenvalue weighted by Gasteiger charge is 2.21. The van der Waals surface area contributed by atoms with Crippen molar-refractivity contribution in [1.82, 2.24) is 5.32 Å². The van der Waals surface area contributed by atoms with Gasteiger partial charge in [-0.15, -0.1) is 24.8 Å². The lowest BCUT2D eigenvalue weighted by Crippen LogP contribution is -2.36. The van der Waals surface area contributed by atoms with E-state index < -0.39 is 0 Å². The number of rotatable bonds is 8. The zero-order valence-corrected chi connectivity index (χ0v) is 17.2. The molecule has 150 valence electrons. The number of carbonyl (C=O) groups is 1. The van der Waals surface area contributed by atoms with E-state index in [0.717, 1.165) is 12.0 Å². The highest BCUT2D eigenvalue weighted by molar-refractivity contribution is 5.85. The molecule has 4 nitrogen and oxygen atoms in total. The molecule has 0 spiro atoms. The molecule has 2 aromatic carbocycles. The fraction of sp³-hybridized carbons (Fsp3) is 0.350. The van der Waals surface area contributed by atoms with E-state index in [1.54, 1.807) is 12.1 Å². The van der Waals surface area contributed by atoms with Gasteiger partial charge in [0.25, 0.3) is 0 Å². The fourth-order valence-corrected chi connectivity index (χ4v) is 2.70. The molecule has 2 aromatic rings. The molecule has 0 aliphatic rings. The Bertz CT molecular complexity index is 688. The number of benzene rings is 2. The maximum atomic E-state index is 13.7. The molecule has 3 N–H and O–H groups in total. The molecule has 7 heteroatoms. The Labute approximate surface area is 173 Å². The highest BCUT2D eigenvalue weighted by Crippen LogP contribution is 2.19. The van der Waals surface area contributed by atoms with Crippen LogP contribution in [0.25, 0.3) is 0 Å². The third-order valence-corrected chi connectivity index (χ3v) is 4.37. The zero-order chi connectivity index (χ0) is 18.2. The number of hydrogen-bond donors (Lipinski definition) is 2. The van der Waals surface area contributed by atoms with Crippen LogP contribution >= 0.6 is 24.8 Å². The second-order valence-electron chi connectivity index (χ2n) is 6.24. The molecule has 27 heavy (non-hydrogen) atoms. The lowest BCUT2D eigenvalue weighted by Gasteiger charge is -2.21. The number of carbonyl (C=O) groups excluding carboxylic acids is 1. The normalized spacial score (nSPS) is 12.1. The van der Waals surface area contributed by atoms with Crippen molar-refractivity contribution in [1.29, 1.82) is 0 Å². The van der Waals surface area contributed by atoms with Crippen LogP contribution in [0.5, 0.6) is 0 Å². The van der Waals surface area contributed by atoms with Crippen LogP contribution in [0.1, 0.15) is 24.9 Å². The molecule has 0 saturated carbocycles. The van der Waals surface area contributed by atoms with Gasteiger partial charge in [-0.1, -0.05) is 49.4 Å². The minimum atomic E-state index is -0.331. The Kier molecular flexibility index (Phi) is 11.7. The van der Waals surface area contributed by atoms with Gasteiger partial charge in [0, 0.05) is 26.2 Å². The number of nitrogens with two attached hydrogens (primary N) is 1. The number of anilines is 1. The lowest BCUT2D eigenvalue weighted by molar-refractivity contribution is -0.125. The van der Waals surface area contributed by atoms with Gasteiger partial charge < -0.3 is 16.0 Å². The van der Waals surface area contributed by atoms with Crippen molar-refractivity contribution in [2.75, 3.05) is 25.0 Å². The molecular formula is C20H28Cl2FN3O. The Morgan fingerprint density at radius 3 is 2.33 bits per heavy atom. The Balaban J connectivity index is 0.00000338. The van der Waals surface area contributed by atoms with E-state index in [2.05, 4.69) is 5.32 Å². The molecule has 0 saturated heterocycles. The van der Waals surface area contributed by atoms with Crippen LogP contribution < -0.4 is 16.0 Å². The molecule has 2 unspecified atom stereocenters. The predicted octanol–water partition coefficient (Wildman–Crippen LogP) is 3.95. The van der Waals surface area contributed by atoms with E-state index in [1.807, 2.05) is 55.3 Å². The predicted molar refractivity (Wildman–Crippen MR) is 114 cm³/mol. The number of nitrogens with zero attached hydrogens (tertiary/aromatic N) is 1. The van der Waals surface area contributed by atoms with Crippen LogP contribution in [-0.4, -0.2) is 26.0 Å². The number of halogens is 3. The molecule has 0 aliphatic carbocycles. The summed E-state index contributed by atoms with van der Waals surface area (Å²) >= 11 is 0. The van der Waals surface area contributed by atoms with E-state index in [4.69, 9.17) is 5.73 Å². The van der Waals surface area contributed by atoms with Gasteiger partial charge in [0.05, 0.1) is 11.6 Å². The summed E-state index contributed by atoms with van der Waals surface area (Å²) in [5, 5.41) is 2.92. The smallest absolute Gasteiger partial charge is 0.224 e. The van der Waals surface area contributed by atoms with Crippen LogP contribution in [-0.2, 0) is 4.79 Å². The molecule has 2 rings (SSSR count). The van der Waals surface area contributed by atoms with Crippen molar-refractivity contribution in [3.8, 4) is 0 Å². The van der Waals surface area contributed by atoms with Crippen LogP contribution in [0.2, 0.25) is 0 Å². The van der Waals surface area contributed by atoms with Crippen molar-refractivity contribution in [3.63, 3.8) is 0 Å². The monoisotopic (exact) mass is 415 g/mol. The molecule has 0 bridgehead atoms. The summed E-state index contributed by atoms with van der Waals surface area (Å²) in [6.45, 7) is 3.02. The van der Waals surface area contributed by atoms with Gasteiger partial charge >= 0.3 is 0 Å². The summed E-state index contributed by atoms with van der Waals surface area (Å²) in [7, 11) is 1.84. The van der Waals surface area contributed by atoms with E-state index >= 15 is 0 Å². The van der Waals surface area contributed by atoms with E-state index in [0.29, 0.717) is 18.8 Å².